The fourth-order valence-corrected chi connectivity index (χ4v) is 2.62. The molecule has 2 aromatic rings. The Kier molecular flexibility index (Phi) is 6.31. The van der Waals surface area contributed by atoms with Gasteiger partial charge in [0.25, 0.3) is 11.8 Å². The summed E-state index contributed by atoms with van der Waals surface area (Å²) in [6.45, 7) is 2.54. The Labute approximate surface area is 172 Å². The van der Waals surface area contributed by atoms with Gasteiger partial charge in [0.2, 0.25) is 6.79 Å². The van der Waals surface area contributed by atoms with Gasteiger partial charge in [0.1, 0.15) is 6.54 Å². The summed E-state index contributed by atoms with van der Waals surface area (Å²) < 4.78 is 15.4. The molecule has 1 atom stereocenters. The second kappa shape index (κ2) is 9.08. The lowest BCUT2D eigenvalue weighted by molar-refractivity contribution is -0.152. The van der Waals surface area contributed by atoms with Crippen molar-refractivity contribution in [3.05, 3.63) is 53.6 Å². The third kappa shape index (κ3) is 5.13. The van der Waals surface area contributed by atoms with E-state index >= 15 is 0 Å². The van der Waals surface area contributed by atoms with Crippen LogP contribution in [0.4, 0.5) is 5.69 Å². The van der Waals surface area contributed by atoms with E-state index in [1.165, 1.54) is 19.9 Å². The summed E-state index contributed by atoms with van der Waals surface area (Å²) in [7, 11) is 0. The highest BCUT2D eigenvalue weighted by Crippen LogP contribution is 2.32. The molecule has 1 aliphatic rings. The van der Waals surface area contributed by atoms with Gasteiger partial charge >= 0.3 is 5.97 Å². The first kappa shape index (κ1) is 20.8. The van der Waals surface area contributed by atoms with E-state index < -0.39 is 30.4 Å². The Morgan fingerprint density at radius 3 is 2.37 bits per heavy atom. The number of ketones is 1. The van der Waals surface area contributed by atoms with Gasteiger partial charge in [-0.3, -0.25) is 19.2 Å². The molecule has 2 N–H and O–H groups in total. The van der Waals surface area contributed by atoms with Crippen molar-refractivity contribution in [1.29, 1.82) is 0 Å². The summed E-state index contributed by atoms with van der Waals surface area (Å²) in [6, 6.07) is 11.0. The van der Waals surface area contributed by atoms with Crippen LogP contribution in [0.5, 0.6) is 11.5 Å². The van der Waals surface area contributed by atoms with E-state index in [4.69, 9.17) is 14.2 Å². The van der Waals surface area contributed by atoms with Crippen molar-refractivity contribution in [1.82, 2.24) is 5.32 Å². The monoisotopic (exact) mass is 412 g/mol. The quantitative estimate of drug-likeness (QED) is 0.527. The number of anilines is 1. The average Bonchev–Trinajstić information content (AvgIpc) is 3.20. The summed E-state index contributed by atoms with van der Waals surface area (Å²) in [4.78, 5) is 47.6. The van der Waals surface area contributed by atoms with Gasteiger partial charge in [-0.25, -0.2) is 0 Å². The fourth-order valence-electron chi connectivity index (χ4n) is 2.62. The standard InChI is InChI=1S/C21H20N2O7/c1-12(24)14-3-6-16(7-4-14)23-20(26)13(2)30-19(25)10-22-21(27)15-5-8-17-18(9-15)29-11-28-17/h3-9,13H,10-11H2,1-2H3,(H,22,27)(H,23,26)/t13-/m1/s1. The van der Waals surface area contributed by atoms with Crippen LogP contribution in [-0.2, 0) is 14.3 Å². The van der Waals surface area contributed by atoms with E-state index in [9.17, 15) is 19.2 Å². The zero-order valence-corrected chi connectivity index (χ0v) is 16.4. The normalized spacial score (nSPS) is 12.6. The molecule has 9 nitrogen and oxygen atoms in total. The fraction of sp³-hybridized carbons (Fsp3) is 0.238. The van der Waals surface area contributed by atoms with Crippen LogP contribution >= 0.6 is 0 Å². The first-order chi connectivity index (χ1) is 14.3. The number of ether oxygens (including phenoxy) is 3. The Hall–Kier alpha value is -3.88. The van der Waals surface area contributed by atoms with Crippen molar-refractivity contribution < 1.29 is 33.4 Å². The van der Waals surface area contributed by atoms with Crippen molar-refractivity contribution in [2.24, 2.45) is 0 Å². The van der Waals surface area contributed by atoms with Gasteiger partial charge in [0, 0.05) is 16.8 Å². The number of hydrogen-bond donors (Lipinski definition) is 2. The Balaban J connectivity index is 1.46. The molecule has 0 aromatic heterocycles. The van der Waals surface area contributed by atoms with Crippen LogP contribution in [0.15, 0.2) is 42.5 Å². The lowest BCUT2D eigenvalue weighted by atomic mass is 10.1. The first-order valence-corrected chi connectivity index (χ1v) is 9.12. The van der Waals surface area contributed by atoms with Gasteiger partial charge < -0.3 is 24.8 Å². The highest BCUT2D eigenvalue weighted by Gasteiger charge is 2.20. The summed E-state index contributed by atoms with van der Waals surface area (Å²) in [6.07, 6.45) is -1.08. The lowest BCUT2D eigenvalue weighted by Crippen LogP contribution is -2.35. The summed E-state index contributed by atoms with van der Waals surface area (Å²) in [5.41, 5.74) is 1.28. The van der Waals surface area contributed by atoms with Crippen LogP contribution in [0.25, 0.3) is 0 Å². The zero-order valence-electron chi connectivity index (χ0n) is 16.4. The van der Waals surface area contributed by atoms with Crippen LogP contribution in [0, 0.1) is 0 Å². The molecule has 0 unspecified atom stereocenters. The van der Waals surface area contributed by atoms with Crippen molar-refractivity contribution >= 4 is 29.3 Å². The molecule has 156 valence electrons. The van der Waals surface area contributed by atoms with E-state index in [0.29, 0.717) is 28.3 Å². The maximum absolute atomic E-state index is 12.2. The van der Waals surface area contributed by atoms with Gasteiger partial charge in [0.05, 0.1) is 0 Å². The zero-order chi connectivity index (χ0) is 21.7. The molecule has 0 saturated heterocycles. The van der Waals surface area contributed by atoms with Gasteiger partial charge in [-0.2, -0.15) is 0 Å². The molecule has 0 aliphatic carbocycles. The van der Waals surface area contributed by atoms with Crippen LogP contribution in [-0.4, -0.2) is 43.0 Å². The number of carbonyl (C=O) groups excluding carboxylic acids is 4. The second-order valence-electron chi connectivity index (χ2n) is 6.51. The van der Waals surface area contributed by atoms with Crippen molar-refractivity contribution in [3.8, 4) is 11.5 Å². The molecule has 0 saturated carbocycles. The molecule has 3 rings (SSSR count). The topological polar surface area (TPSA) is 120 Å². The molecule has 0 radical (unpaired) electrons. The van der Waals surface area contributed by atoms with Gasteiger partial charge in [-0.1, -0.05) is 0 Å². The maximum atomic E-state index is 12.2. The number of amides is 2. The minimum absolute atomic E-state index is 0.0852. The van der Waals surface area contributed by atoms with Gasteiger partial charge in [0.15, 0.2) is 23.4 Å². The summed E-state index contributed by atoms with van der Waals surface area (Å²) >= 11 is 0. The number of carbonyl (C=O) groups is 4. The van der Waals surface area contributed by atoms with Gasteiger partial charge in [-0.05, 0) is 56.3 Å². The first-order valence-electron chi connectivity index (χ1n) is 9.12. The Morgan fingerprint density at radius 2 is 1.67 bits per heavy atom. The number of fused-ring (bicyclic) bond motifs is 1. The average molecular weight is 412 g/mol. The molecule has 1 heterocycles. The molecule has 2 aromatic carbocycles. The number of benzene rings is 2. The smallest absolute Gasteiger partial charge is 0.326 e. The van der Waals surface area contributed by atoms with Crippen molar-refractivity contribution in [2.45, 2.75) is 20.0 Å². The van der Waals surface area contributed by atoms with Crippen molar-refractivity contribution in [3.63, 3.8) is 0 Å². The minimum atomic E-state index is -1.08. The SMILES string of the molecule is CC(=O)c1ccc(NC(=O)[C@@H](C)OC(=O)CNC(=O)c2ccc3c(c2)OCO3)cc1. The minimum Gasteiger partial charge on any atom is -0.454 e. The van der Waals surface area contributed by atoms with Gasteiger partial charge in [-0.15, -0.1) is 0 Å². The molecule has 0 bridgehead atoms. The van der Waals surface area contributed by atoms with E-state index in [1.807, 2.05) is 0 Å². The molecule has 1 aliphatic heterocycles. The molecular weight excluding hydrogens is 392 g/mol. The summed E-state index contributed by atoms with van der Waals surface area (Å²) in [5.74, 6) is -0.890. The largest absolute Gasteiger partial charge is 0.454 e. The molecule has 30 heavy (non-hydrogen) atoms. The summed E-state index contributed by atoms with van der Waals surface area (Å²) in [5, 5.41) is 5.01. The Bertz CT molecular complexity index is 985. The number of rotatable bonds is 7. The van der Waals surface area contributed by atoms with E-state index in [1.54, 1.807) is 36.4 Å². The molecule has 9 heteroatoms. The lowest BCUT2D eigenvalue weighted by Gasteiger charge is -2.14. The number of esters is 1. The molecule has 0 fully saturated rings. The van der Waals surface area contributed by atoms with E-state index in [-0.39, 0.29) is 12.6 Å². The third-order valence-electron chi connectivity index (χ3n) is 4.26. The molecule has 2 amide bonds. The van der Waals surface area contributed by atoms with Crippen LogP contribution in [0.2, 0.25) is 0 Å². The Morgan fingerprint density at radius 1 is 1.00 bits per heavy atom. The number of nitrogens with one attached hydrogen (secondary N) is 2. The predicted molar refractivity (Wildman–Crippen MR) is 106 cm³/mol. The van der Waals surface area contributed by atoms with Crippen LogP contribution in [0.1, 0.15) is 34.6 Å². The van der Waals surface area contributed by atoms with Crippen LogP contribution in [0.3, 0.4) is 0 Å². The molecular formula is C21H20N2O7. The van der Waals surface area contributed by atoms with E-state index in [2.05, 4.69) is 10.6 Å². The third-order valence-corrected chi connectivity index (χ3v) is 4.26. The second-order valence-corrected chi connectivity index (χ2v) is 6.51. The highest BCUT2D eigenvalue weighted by atomic mass is 16.7. The van der Waals surface area contributed by atoms with Crippen LogP contribution < -0.4 is 20.1 Å². The van der Waals surface area contributed by atoms with E-state index in [0.717, 1.165) is 0 Å². The number of Topliss-reactive ketones (excluding diaryl/α,β-unsaturated/α-hetero) is 1. The van der Waals surface area contributed by atoms with Crippen molar-refractivity contribution in [2.75, 3.05) is 18.7 Å². The molecule has 0 spiro atoms. The highest BCUT2D eigenvalue weighted by molar-refractivity contribution is 5.98. The number of hydrogen-bond acceptors (Lipinski definition) is 7. The maximum Gasteiger partial charge on any atom is 0.326 e. The predicted octanol–water partition coefficient (Wildman–Crippen LogP) is 1.92.